The molecule has 0 saturated carbocycles. The lowest BCUT2D eigenvalue weighted by atomic mass is 10.1. The monoisotopic (exact) mass is 242 g/mol. The highest BCUT2D eigenvalue weighted by Gasteiger charge is 2.26. The number of likely N-dealkylation sites (tertiary alicyclic amines) is 1. The van der Waals surface area contributed by atoms with Crippen molar-refractivity contribution >= 4 is 11.6 Å². The molecule has 0 spiro atoms. The second-order valence-corrected chi connectivity index (χ2v) is 5.01. The lowest BCUT2D eigenvalue weighted by molar-refractivity contribution is 0.313. The number of hydrogen-bond donors (Lipinski definition) is 1. The van der Waals surface area contributed by atoms with Crippen LogP contribution in [0.15, 0.2) is 18.2 Å². The summed E-state index contributed by atoms with van der Waals surface area (Å²) in [4.78, 5) is 2.17. The molecule has 0 bridgehead atoms. The fraction of sp³-hybridized carbons (Fsp3) is 0.500. The summed E-state index contributed by atoms with van der Waals surface area (Å²) in [5, 5.41) is 0.577. The van der Waals surface area contributed by atoms with Gasteiger partial charge in [-0.25, -0.2) is 4.39 Å². The summed E-state index contributed by atoms with van der Waals surface area (Å²) in [5.74, 6) is 0.278. The summed E-state index contributed by atoms with van der Waals surface area (Å²) in [6.07, 6.45) is 0. The van der Waals surface area contributed by atoms with Crippen LogP contribution in [0.4, 0.5) is 4.39 Å². The van der Waals surface area contributed by atoms with Gasteiger partial charge < -0.3 is 5.73 Å². The lowest BCUT2D eigenvalue weighted by Crippen LogP contribution is -2.28. The Morgan fingerprint density at radius 2 is 2.25 bits per heavy atom. The lowest BCUT2D eigenvalue weighted by Gasteiger charge is -2.15. The third-order valence-corrected chi connectivity index (χ3v) is 3.38. The van der Waals surface area contributed by atoms with E-state index in [1.165, 1.54) is 6.07 Å². The number of nitrogens with two attached hydrogens (primary N) is 1. The van der Waals surface area contributed by atoms with Crippen LogP contribution in [0, 0.1) is 11.7 Å². The second kappa shape index (κ2) is 4.70. The van der Waals surface area contributed by atoms with E-state index >= 15 is 0 Å². The Balaban J connectivity index is 2.07. The molecule has 0 radical (unpaired) electrons. The van der Waals surface area contributed by atoms with Crippen LogP contribution in [0.3, 0.4) is 0 Å². The first-order valence-electron chi connectivity index (χ1n) is 5.48. The zero-order valence-electron chi connectivity index (χ0n) is 9.29. The molecule has 16 heavy (non-hydrogen) atoms. The topological polar surface area (TPSA) is 29.3 Å². The van der Waals surface area contributed by atoms with Gasteiger partial charge in [0.2, 0.25) is 0 Å². The number of nitrogens with zero attached hydrogens (tertiary/aromatic N) is 1. The summed E-state index contributed by atoms with van der Waals surface area (Å²) in [5.41, 5.74) is 6.58. The van der Waals surface area contributed by atoms with Gasteiger partial charge in [-0.2, -0.15) is 0 Å². The van der Waals surface area contributed by atoms with Gasteiger partial charge in [0, 0.05) is 36.3 Å². The highest BCUT2D eigenvalue weighted by Crippen LogP contribution is 2.21. The van der Waals surface area contributed by atoms with Gasteiger partial charge in [-0.05, 0) is 24.1 Å². The van der Waals surface area contributed by atoms with Gasteiger partial charge in [-0.3, -0.25) is 4.90 Å². The Kier molecular flexibility index (Phi) is 3.47. The predicted octanol–water partition coefficient (Wildman–Crippen LogP) is 2.26. The van der Waals surface area contributed by atoms with Crippen LogP contribution in [-0.2, 0) is 6.54 Å². The predicted molar refractivity (Wildman–Crippen MR) is 63.8 cm³/mol. The first-order chi connectivity index (χ1) is 7.56. The first-order valence-corrected chi connectivity index (χ1v) is 5.86. The quantitative estimate of drug-likeness (QED) is 0.862. The van der Waals surface area contributed by atoms with E-state index in [-0.39, 0.29) is 11.9 Å². The highest BCUT2D eigenvalue weighted by molar-refractivity contribution is 6.30. The third kappa shape index (κ3) is 2.54. The van der Waals surface area contributed by atoms with Crippen LogP contribution in [0.5, 0.6) is 0 Å². The van der Waals surface area contributed by atoms with E-state index in [0.717, 1.165) is 13.1 Å². The highest BCUT2D eigenvalue weighted by atomic mass is 35.5. The van der Waals surface area contributed by atoms with Gasteiger partial charge in [0.1, 0.15) is 5.82 Å². The number of halogens is 2. The summed E-state index contributed by atoms with van der Waals surface area (Å²) in [7, 11) is 0. The Morgan fingerprint density at radius 1 is 1.50 bits per heavy atom. The van der Waals surface area contributed by atoms with Gasteiger partial charge in [0.15, 0.2) is 0 Å². The van der Waals surface area contributed by atoms with Crippen LogP contribution in [0.1, 0.15) is 12.5 Å². The third-order valence-electron chi connectivity index (χ3n) is 3.15. The van der Waals surface area contributed by atoms with E-state index < -0.39 is 0 Å². The molecule has 2 unspecified atom stereocenters. The SMILES string of the molecule is CC1CN(Cc2cc(Cl)ccc2F)CC1N. The fourth-order valence-electron chi connectivity index (χ4n) is 2.13. The van der Waals surface area contributed by atoms with Crippen LogP contribution in [-0.4, -0.2) is 24.0 Å². The average molecular weight is 243 g/mol. The van der Waals surface area contributed by atoms with Gasteiger partial charge in [-0.1, -0.05) is 18.5 Å². The largest absolute Gasteiger partial charge is 0.326 e. The molecule has 0 amide bonds. The molecule has 1 fully saturated rings. The molecule has 88 valence electrons. The molecule has 1 saturated heterocycles. The summed E-state index contributed by atoms with van der Waals surface area (Å²) in [6, 6.07) is 4.86. The van der Waals surface area contributed by atoms with Crippen LogP contribution < -0.4 is 5.73 Å². The van der Waals surface area contributed by atoms with Crippen LogP contribution in [0.2, 0.25) is 5.02 Å². The molecule has 1 aromatic carbocycles. The molecule has 1 heterocycles. The standard InChI is InChI=1S/C12H16ClFN2/c1-8-5-16(7-12(8)15)6-9-4-10(13)2-3-11(9)14/h2-4,8,12H,5-7,15H2,1H3. The summed E-state index contributed by atoms with van der Waals surface area (Å²) >= 11 is 5.85. The maximum atomic E-state index is 13.5. The van der Waals surface area contributed by atoms with Gasteiger partial charge >= 0.3 is 0 Å². The first kappa shape index (κ1) is 11.8. The number of benzene rings is 1. The smallest absolute Gasteiger partial charge is 0.127 e. The molecule has 0 aliphatic carbocycles. The van der Waals surface area contributed by atoms with Crippen molar-refractivity contribution < 1.29 is 4.39 Å². The zero-order valence-corrected chi connectivity index (χ0v) is 10.0. The Morgan fingerprint density at radius 3 is 2.88 bits per heavy atom. The van der Waals surface area contributed by atoms with Crippen molar-refractivity contribution in [3.8, 4) is 0 Å². The minimum absolute atomic E-state index is 0.197. The van der Waals surface area contributed by atoms with Crippen molar-refractivity contribution in [3.63, 3.8) is 0 Å². The van der Waals surface area contributed by atoms with E-state index in [2.05, 4.69) is 11.8 Å². The van der Waals surface area contributed by atoms with Crippen molar-refractivity contribution in [2.45, 2.75) is 19.5 Å². The number of rotatable bonds is 2. The fourth-order valence-corrected chi connectivity index (χ4v) is 2.32. The summed E-state index contributed by atoms with van der Waals surface area (Å²) < 4.78 is 13.5. The zero-order chi connectivity index (χ0) is 11.7. The number of hydrogen-bond acceptors (Lipinski definition) is 2. The molecule has 0 aromatic heterocycles. The Bertz CT molecular complexity index is 373. The molecule has 2 atom stereocenters. The molecule has 1 aliphatic rings. The maximum Gasteiger partial charge on any atom is 0.127 e. The van der Waals surface area contributed by atoms with E-state index in [1.54, 1.807) is 12.1 Å². The second-order valence-electron chi connectivity index (χ2n) is 4.57. The maximum absolute atomic E-state index is 13.5. The van der Waals surface area contributed by atoms with E-state index in [1.807, 2.05) is 0 Å². The van der Waals surface area contributed by atoms with Gasteiger partial charge in [-0.15, -0.1) is 0 Å². The van der Waals surface area contributed by atoms with Crippen molar-refractivity contribution in [1.29, 1.82) is 0 Å². The van der Waals surface area contributed by atoms with Gasteiger partial charge in [0.05, 0.1) is 0 Å². The van der Waals surface area contributed by atoms with Crippen molar-refractivity contribution in [1.82, 2.24) is 4.90 Å². The van der Waals surface area contributed by atoms with Crippen molar-refractivity contribution in [2.24, 2.45) is 11.7 Å². The Labute approximate surface area is 100 Å². The minimum atomic E-state index is -0.197. The molecule has 1 aliphatic heterocycles. The van der Waals surface area contributed by atoms with Crippen LogP contribution in [0.25, 0.3) is 0 Å². The van der Waals surface area contributed by atoms with E-state index in [4.69, 9.17) is 17.3 Å². The molecule has 1 aromatic rings. The van der Waals surface area contributed by atoms with Crippen LogP contribution >= 0.6 is 11.6 Å². The summed E-state index contributed by atoms with van der Waals surface area (Å²) in [6.45, 7) is 4.46. The van der Waals surface area contributed by atoms with E-state index in [9.17, 15) is 4.39 Å². The minimum Gasteiger partial charge on any atom is -0.326 e. The molecule has 4 heteroatoms. The molecular weight excluding hydrogens is 227 g/mol. The van der Waals surface area contributed by atoms with Gasteiger partial charge in [0.25, 0.3) is 0 Å². The average Bonchev–Trinajstić information content (AvgIpc) is 2.52. The normalized spacial score (nSPS) is 26.2. The van der Waals surface area contributed by atoms with E-state index in [0.29, 0.717) is 23.0 Å². The molecule has 2 rings (SSSR count). The Hall–Kier alpha value is -0.640. The molecule has 2 N–H and O–H groups in total. The molecule has 2 nitrogen and oxygen atoms in total. The van der Waals surface area contributed by atoms with Crippen molar-refractivity contribution in [2.75, 3.05) is 13.1 Å². The van der Waals surface area contributed by atoms with Crippen molar-refractivity contribution in [3.05, 3.63) is 34.6 Å². The molecular formula is C12H16ClFN2.